The van der Waals surface area contributed by atoms with Crippen LogP contribution in [0.5, 0.6) is 0 Å². The number of nitrogens with one attached hydrogen (secondary N) is 1. The summed E-state index contributed by atoms with van der Waals surface area (Å²) in [7, 11) is 0. The first-order valence-corrected chi connectivity index (χ1v) is 7.24. The van der Waals surface area contributed by atoms with Crippen molar-refractivity contribution >= 4 is 5.78 Å². The Balaban J connectivity index is 2.66. The van der Waals surface area contributed by atoms with Gasteiger partial charge >= 0.3 is 0 Å². The molecule has 0 radical (unpaired) electrons. The van der Waals surface area contributed by atoms with E-state index in [4.69, 9.17) is 0 Å². The maximum absolute atomic E-state index is 12.0. The SMILES string of the molecule is CCCCC1(C)CC(=O)CC(C)(CCCC)N1. The molecule has 0 saturated carbocycles. The van der Waals surface area contributed by atoms with Crippen molar-refractivity contribution in [2.45, 2.75) is 90.1 Å². The van der Waals surface area contributed by atoms with Crippen molar-refractivity contribution in [1.82, 2.24) is 5.32 Å². The molecule has 1 N–H and O–H groups in total. The van der Waals surface area contributed by atoms with E-state index in [-0.39, 0.29) is 11.1 Å². The molecule has 0 aromatic rings. The second-order valence-corrected chi connectivity index (χ2v) is 6.35. The van der Waals surface area contributed by atoms with Crippen molar-refractivity contribution in [3.63, 3.8) is 0 Å². The molecular weight excluding hydrogens is 210 g/mol. The van der Waals surface area contributed by atoms with Crippen LogP contribution in [0.4, 0.5) is 0 Å². The summed E-state index contributed by atoms with van der Waals surface area (Å²) >= 11 is 0. The number of hydrogen-bond donors (Lipinski definition) is 1. The highest BCUT2D eigenvalue weighted by atomic mass is 16.1. The van der Waals surface area contributed by atoms with Crippen molar-refractivity contribution in [3.8, 4) is 0 Å². The van der Waals surface area contributed by atoms with Gasteiger partial charge in [-0.3, -0.25) is 4.79 Å². The van der Waals surface area contributed by atoms with Crippen LogP contribution in [-0.2, 0) is 4.79 Å². The van der Waals surface area contributed by atoms with Crippen LogP contribution in [0.1, 0.15) is 79.1 Å². The van der Waals surface area contributed by atoms with Gasteiger partial charge < -0.3 is 5.32 Å². The zero-order chi connectivity index (χ0) is 12.9. The third-order valence-electron chi connectivity index (χ3n) is 3.94. The van der Waals surface area contributed by atoms with Crippen molar-refractivity contribution < 1.29 is 4.79 Å². The first kappa shape index (κ1) is 14.7. The molecule has 0 aliphatic carbocycles. The summed E-state index contributed by atoms with van der Waals surface area (Å²) in [5.41, 5.74) is 0.0711. The number of Topliss-reactive ketones (excluding diaryl/α,β-unsaturated/α-hetero) is 1. The van der Waals surface area contributed by atoms with Crippen molar-refractivity contribution in [2.75, 3.05) is 0 Å². The van der Waals surface area contributed by atoms with E-state index in [0.717, 1.165) is 12.8 Å². The lowest BCUT2D eigenvalue weighted by Gasteiger charge is -2.46. The molecule has 1 aliphatic heterocycles. The summed E-state index contributed by atoms with van der Waals surface area (Å²) in [6.07, 6.45) is 8.51. The molecule has 100 valence electrons. The normalized spacial score (nSPS) is 34.0. The highest BCUT2D eigenvalue weighted by molar-refractivity contribution is 5.81. The Morgan fingerprint density at radius 3 is 1.76 bits per heavy atom. The van der Waals surface area contributed by atoms with Crippen LogP contribution < -0.4 is 5.32 Å². The summed E-state index contributed by atoms with van der Waals surface area (Å²) in [6, 6.07) is 0. The molecule has 1 aliphatic rings. The summed E-state index contributed by atoms with van der Waals surface area (Å²) in [4.78, 5) is 12.0. The molecule has 2 atom stereocenters. The lowest BCUT2D eigenvalue weighted by atomic mass is 9.75. The van der Waals surface area contributed by atoms with Gasteiger partial charge in [0.15, 0.2) is 0 Å². The van der Waals surface area contributed by atoms with Gasteiger partial charge in [0.25, 0.3) is 0 Å². The molecule has 1 saturated heterocycles. The molecule has 0 spiro atoms. The van der Waals surface area contributed by atoms with Gasteiger partial charge in [-0.2, -0.15) is 0 Å². The Kier molecular flexibility index (Phi) is 5.18. The molecule has 17 heavy (non-hydrogen) atoms. The quantitative estimate of drug-likeness (QED) is 0.763. The Labute approximate surface area is 107 Å². The van der Waals surface area contributed by atoms with Gasteiger partial charge in [0, 0.05) is 23.9 Å². The summed E-state index contributed by atoms with van der Waals surface area (Å²) in [5.74, 6) is 0.445. The lowest BCUT2D eigenvalue weighted by Crippen LogP contribution is -2.60. The Morgan fingerprint density at radius 1 is 1.00 bits per heavy atom. The van der Waals surface area contributed by atoms with Gasteiger partial charge in [0.2, 0.25) is 0 Å². The van der Waals surface area contributed by atoms with Crippen LogP contribution in [0.2, 0.25) is 0 Å². The molecule has 0 bridgehead atoms. The monoisotopic (exact) mass is 239 g/mol. The predicted octanol–water partition coefficient (Wildman–Crippen LogP) is 3.84. The lowest BCUT2D eigenvalue weighted by molar-refractivity contribution is -0.125. The fourth-order valence-corrected chi connectivity index (χ4v) is 3.19. The minimum atomic E-state index is 0.0356. The minimum Gasteiger partial charge on any atom is -0.305 e. The molecule has 1 fully saturated rings. The molecule has 2 nitrogen and oxygen atoms in total. The highest BCUT2D eigenvalue weighted by Crippen LogP contribution is 2.33. The molecule has 1 heterocycles. The second-order valence-electron chi connectivity index (χ2n) is 6.35. The average Bonchev–Trinajstić information content (AvgIpc) is 2.22. The smallest absolute Gasteiger partial charge is 0.136 e. The minimum absolute atomic E-state index is 0.0356. The number of carbonyl (C=O) groups is 1. The second kappa shape index (κ2) is 5.99. The molecule has 1 rings (SSSR count). The Hall–Kier alpha value is -0.370. The van der Waals surface area contributed by atoms with Crippen molar-refractivity contribution in [1.29, 1.82) is 0 Å². The summed E-state index contributed by atoms with van der Waals surface area (Å²) in [5, 5.41) is 3.79. The molecule has 0 aromatic carbocycles. The van der Waals surface area contributed by atoms with Crippen LogP contribution in [0, 0.1) is 0 Å². The number of carbonyl (C=O) groups excluding carboxylic acids is 1. The molecule has 0 aromatic heterocycles. The van der Waals surface area contributed by atoms with Gasteiger partial charge in [-0.25, -0.2) is 0 Å². The van der Waals surface area contributed by atoms with E-state index in [2.05, 4.69) is 33.0 Å². The average molecular weight is 239 g/mol. The zero-order valence-corrected chi connectivity index (χ0v) is 12.1. The molecular formula is C15H29NO. The fourth-order valence-electron chi connectivity index (χ4n) is 3.19. The number of rotatable bonds is 6. The van der Waals surface area contributed by atoms with Crippen LogP contribution in [0.25, 0.3) is 0 Å². The zero-order valence-electron chi connectivity index (χ0n) is 12.1. The van der Waals surface area contributed by atoms with Crippen molar-refractivity contribution in [2.24, 2.45) is 0 Å². The van der Waals surface area contributed by atoms with Gasteiger partial charge in [-0.05, 0) is 26.7 Å². The fraction of sp³-hybridized carbons (Fsp3) is 0.933. The summed E-state index contributed by atoms with van der Waals surface area (Å²) in [6.45, 7) is 8.88. The van der Waals surface area contributed by atoms with Crippen LogP contribution >= 0.6 is 0 Å². The maximum atomic E-state index is 12.0. The van der Waals surface area contributed by atoms with Gasteiger partial charge in [-0.15, -0.1) is 0 Å². The third-order valence-corrected chi connectivity index (χ3v) is 3.94. The number of ketones is 1. The largest absolute Gasteiger partial charge is 0.305 e. The Morgan fingerprint density at radius 2 is 1.41 bits per heavy atom. The molecule has 2 unspecified atom stereocenters. The van der Waals surface area contributed by atoms with E-state index in [1.807, 2.05) is 0 Å². The van der Waals surface area contributed by atoms with Gasteiger partial charge in [-0.1, -0.05) is 39.5 Å². The molecule has 0 amide bonds. The Bertz CT molecular complexity index is 240. The summed E-state index contributed by atoms with van der Waals surface area (Å²) < 4.78 is 0. The van der Waals surface area contributed by atoms with E-state index >= 15 is 0 Å². The third kappa shape index (κ3) is 4.42. The standard InChI is InChI=1S/C15H29NO/c1-5-7-9-14(3)11-13(17)12-15(4,16-14)10-8-6-2/h16H,5-12H2,1-4H3. The number of hydrogen-bond acceptors (Lipinski definition) is 2. The van der Waals surface area contributed by atoms with Crippen LogP contribution in [0.15, 0.2) is 0 Å². The van der Waals surface area contributed by atoms with Crippen LogP contribution in [-0.4, -0.2) is 16.9 Å². The maximum Gasteiger partial charge on any atom is 0.136 e. The van der Waals surface area contributed by atoms with E-state index in [0.29, 0.717) is 18.6 Å². The van der Waals surface area contributed by atoms with E-state index in [1.54, 1.807) is 0 Å². The number of unbranched alkanes of at least 4 members (excludes halogenated alkanes) is 2. The molecule has 2 heteroatoms. The predicted molar refractivity (Wildman–Crippen MR) is 73.2 cm³/mol. The first-order chi connectivity index (χ1) is 7.93. The van der Waals surface area contributed by atoms with Gasteiger partial charge in [0.1, 0.15) is 5.78 Å². The van der Waals surface area contributed by atoms with E-state index < -0.39 is 0 Å². The van der Waals surface area contributed by atoms with E-state index in [9.17, 15) is 4.79 Å². The van der Waals surface area contributed by atoms with Crippen molar-refractivity contribution in [3.05, 3.63) is 0 Å². The topological polar surface area (TPSA) is 29.1 Å². The van der Waals surface area contributed by atoms with E-state index in [1.165, 1.54) is 25.7 Å². The highest BCUT2D eigenvalue weighted by Gasteiger charge is 2.41. The van der Waals surface area contributed by atoms with Crippen LogP contribution in [0.3, 0.4) is 0 Å². The number of piperidine rings is 1. The first-order valence-electron chi connectivity index (χ1n) is 7.24. The van der Waals surface area contributed by atoms with Gasteiger partial charge in [0.05, 0.1) is 0 Å².